The van der Waals surface area contributed by atoms with Gasteiger partial charge in [0.05, 0.1) is 24.2 Å². The van der Waals surface area contributed by atoms with Gasteiger partial charge in [0.2, 0.25) is 0 Å². The lowest BCUT2D eigenvalue weighted by molar-refractivity contribution is -0.139. The minimum Gasteiger partial charge on any atom is -0.469 e. The van der Waals surface area contributed by atoms with Gasteiger partial charge in [0.15, 0.2) is 5.65 Å². The van der Waals surface area contributed by atoms with E-state index in [2.05, 4.69) is 9.72 Å². The molecule has 90 valence electrons. The van der Waals surface area contributed by atoms with Crippen LogP contribution in [0.2, 0.25) is 5.02 Å². The lowest BCUT2D eigenvalue weighted by atomic mass is 10.3. The minimum atomic E-state index is -0.382. The number of nitrogens with zero attached hydrogens (tertiary/aromatic N) is 2. The average Bonchev–Trinajstić information content (AvgIpc) is 2.57. The molecule has 0 atom stereocenters. The number of rotatable bonds is 2. The van der Waals surface area contributed by atoms with Crippen LogP contribution in [0, 0.1) is 6.92 Å². The molecule has 0 bridgehead atoms. The third-order valence-corrected chi connectivity index (χ3v) is 2.74. The highest BCUT2D eigenvalue weighted by Crippen LogP contribution is 2.23. The number of halogens is 1. The van der Waals surface area contributed by atoms with Crippen molar-refractivity contribution in [2.45, 2.75) is 13.3 Å². The Morgan fingerprint density at radius 2 is 2.35 bits per heavy atom. The summed E-state index contributed by atoms with van der Waals surface area (Å²) in [4.78, 5) is 15.4. The number of carbonyl (C=O) groups excluding carboxylic acids is 1. The Labute approximate surface area is 103 Å². The highest BCUT2D eigenvalue weighted by atomic mass is 35.5. The maximum Gasteiger partial charge on any atom is 0.311 e. The average molecular weight is 254 g/mol. The first-order chi connectivity index (χ1) is 8.02. The molecule has 0 aliphatic rings. The predicted octanol–water partition coefficient (Wildman–Crippen LogP) is 1.59. The van der Waals surface area contributed by atoms with Crippen LogP contribution in [0.25, 0.3) is 5.65 Å². The molecule has 0 fully saturated rings. The van der Waals surface area contributed by atoms with Gasteiger partial charge >= 0.3 is 5.97 Å². The second-order valence-electron chi connectivity index (χ2n) is 3.76. The fraction of sp³-hybridized carbons (Fsp3) is 0.273. The number of aryl methyl sites for hydroxylation is 1. The van der Waals surface area contributed by atoms with E-state index < -0.39 is 0 Å². The maximum absolute atomic E-state index is 11.2. The number of anilines is 1. The van der Waals surface area contributed by atoms with Crippen LogP contribution in [0.1, 0.15) is 11.3 Å². The molecule has 17 heavy (non-hydrogen) atoms. The molecular formula is C11H12ClN3O2. The van der Waals surface area contributed by atoms with Gasteiger partial charge in [-0.25, -0.2) is 4.98 Å². The van der Waals surface area contributed by atoms with Crippen LogP contribution in [-0.2, 0) is 16.0 Å². The Morgan fingerprint density at radius 3 is 3.00 bits per heavy atom. The first kappa shape index (κ1) is 11.7. The molecule has 0 amide bonds. The molecule has 0 radical (unpaired) electrons. The zero-order valence-corrected chi connectivity index (χ0v) is 10.3. The van der Waals surface area contributed by atoms with E-state index in [0.29, 0.717) is 22.2 Å². The van der Waals surface area contributed by atoms with Gasteiger partial charge in [-0.05, 0) is 18.6 Å². The molecule has 2 rings (SSSR count). The Bertz CT molecular complexity index is 592. The van der Waals surface area contributed by atoms with Crippen LogP contribution >= 0.6 is 11.6 Å². The minimum absolute atomic E-state index is 0.0411. The first-order valence-electron chi connectivity index (χ1n) is 5.02. The van der Waals surface area contributed by atoms with E-state index in [1.807, 2.05) is 13.1 Å². The van der Waals surface area contributed by atoms with Crippen molar-refractivity contribution in [1.29, 1.82) is 0 Å². The zero-order chi connectivity index (χ0) is 12.6. The number of nitrogen functional groups attached to an aromatic ring is 1. The van der Waals surface area contributed by atoms with Crippen molar-refractivity contribution in [3.63, 3.8) is 0 Å². The summed E-state index contributed by atoms with van der Waals surface area (Å²) in [6.45, 7) is 1.91. The fourth-order valence-electron chi connectivity index (χ4n) is 1.64. The summed E-state index contributed by atoms with van der Waals surface area (Å²) in [7, 11) is 1.32. The summed E-state index contributed by atoms with van der Waals surface area (Å²) < 4.78 is 6.26. The fourth-order valence-corrected chi connectivity index (χ4v) is 1.94. The van der Waals surface area contributed by atoms with Gasteiger partial charge in [0.25, 0.3) is 0 Å². The molecule has 2 aromatic heterocycles. The molecule has 5 nitrogen and oxygen atoms in total. The normalized spacial score (nSPS) is 10.8. The summed E-state index contributed by atoms with van der Waals surface area (Å²) in [5.74, 6) is 0.0314. The molecule has 0 spiro atoms. The highest BCUT2D eigenvalue weighted by molar-refractivity contribution is 6.33. The van der Waals surface area contributed by atoms with E-state index in [4.69, 9.17) is 17.3 Å². The summed E-state index contributed by atoms with van der Waals surface area (Å²) in [6.07, 6.45) is 1.86. The number of hydrogen-bond donors (Lipinski definition) is 1. The monoisotopic (exact) mass is 253 g/mol. The Balaban J connectivity index is 2.56. The number of pyridine rings is 1. The Hall–Kier alpha value is -1.75. The van der Waals surface area contributed by atoms with E-state index >= 15 is 0 Å². The maximum atomic E-state index is 11.2. The highest BCUT2D eigenvalue weighted by Gasteiger charge is 2.15. The van der Waals surface area contributed by atoms with Gasteiger partial charge in [-0.1, -0.05) is 11.6 Å². The lowest BCUT2D eigenvalue weighted by Gasteiger charge is -2.00. The number of esters is 1. The van der Waals surface area contributed by atoms with Gasteiger partial charge in [0.1, 0.15) is 5.82 Å². The first-order valence-corrected chi connectivity index (χ1v) is 5.40. The summed E-state index contributed by atoms with van der Waals surface area (Å²) >= 11 is 6.06. The summed E-state index contributed by atoms with van der Waals surface area (Å²) in [6, 6.07) is 1.80. The van der Waals surface area contributed by atoms with E-state index in [0.717, 1.165) is 5.56 Å². The molecule has 0 saturated carbocycles. The number of nitrogens with two attached hydrogens (primary N) is 1. The number of carbonyl (C=O) groups is 1. The van der Waals surface area contributed by atoms with Crippen molar-refractivity contribution in [1.82, 2.24) is 9.38 Å². The summed E-state index contributed by atoms with van der Waals surface area (Å²) in [5.41, 5.74) is 7.91. The molecule has 2 aromatic rings. The number of aromatic nitrogens is 2. The smallest absolute Gasteiger partial charge is 0.311 e. The van der Waals surface area contributed by atoms with Gasteiger partial charge in [-0.15, -0.1) is 0 Å². The van der Waals surface area contributed by atoms with Crippen molar-refractivity contribution in [3.8, 4) is 0 Å². The van der Waals surface area contributed by atoms with Crippen LogP contribution in [0.3, 0.4) is 0 Å². The van der Waals surface area contributed by atoms with Gasteiger partial charge in [-0.2, -0.15) is 0 Å². The Morgan fingerprint density at radius 1 is 1.65 bits per heavy atom. The van der Waals surface area contributed by atoms with Crippen LogP contribution < -0.4 is 5.73 Å². The molecule has 0 aromatic carbocycles. The molecule has 0 aliphatic heterocycles. The second-order valence-corrected chi connectivity index (χ2v) is 4.16. The van der Waals surface area contributed by atoms with Gasteiger partial charge < -0.3 is 10.5 Å². The largest absolute Gasteiger partial charge is 0.469 e. The van der Waals surface area contributed by atoms with Crippen LogP contribution in [0.15, 0.2) is 12.3 Å². The molecule has 0 aliphatic carbocycles. The third-order valence-electron chi connectivity index (χ3n) is 2.46. The number of hydrogen-bond acceptors (Lipinski definition) is 4. The molecule has 2 N–H and O–H groups in total. The third kappa shape index (κ3) is 2.06. The zero-order valence-electron chi connectivity index (χ0n) is 9.53. The van der Waals surface area contributed by atoms with E-state index in [9.17, 15) is 4.79 Å². The van der Waals surface area contributed by atoms with Crippen molar-refractivity contribution >= 4 is 29.0 Å². The van der Waals surface area contributed by atoms with Crippen molar-refractivity contribution in [2.75, 3.05) is 12.8 Å². The van der Waals surface area contributed by atoms with Crippen LogP contribution in [0.4, 0.5) is 5.82 Å². The van der Waals surface area contributed by atoms with Gasteiger partial charge in [0, 0.05) is 6.20 Å². The van der Waals surface area contributed by atoms with E-state index in [-0.39, 0.29) is 12.4 Å². The van der Waals surface area contributed by atoms with Crippen molar-refractivity contribution in [3.05, 3.63) is 28.5 Å². The molecule has 0 unspecified atom stereocenters. The number of fused-ring (bicyclic) bond motifs is 1. The number of ether oxygens (including phenoxy) is 1. The standard InChI is InChI=1S/C11H12ClN3O2/c1-6-3-7(12)11-14-8(4-9(16)17-2)10(13)15(11)5-6/h3,5H,4,13H2,1-2H3. The van der Waals surface area contributed by atoms with E-state index in [1.165, 1.54) is 7.11 Å². The van der Waals surface area contributed by atoms with Crippen molar-refractivity contribution in [2.24, 2.45) is 0 Å². The van der Waals surface area contributed by atoms with E-state index in [1.54, 1.807) is 10.5 Å². The number of imidazole rings is 1. The lowest BCUT2D eigenvalue weighted by Crippen LogP contribution is -2.07. The second kappa shape index (κ2) is 4.25. The molecular weight excluding hydrogens is 242 g/mol. The molecule has 2 heterocycles. The van der Waals surface area contributed by atoms with Crippen LogP contribution in [0.5, 0.6) is 0 Å². The van der Waals surface area contributed by atoms with Crippen LogP contribution in [-0.4, -0.2) is 22.5 Å². The SMILES string of the molecule is COC(=O)Cc1nc2c(Cl)cc(C)cn2c1N. The summed E-state index contributed by atoms with van der Waals surface area (Å²) in [5, 5.41) is 0.507. The predicted molar refractivity (Wildman–Crippen MR) is 65.1 cm³/mol. The molecule has 0 saturated heterocycles. The number of methoxy groups -OCH3 is 1. The van der Waals surface area contributed by atoms with Crippen molar-refractivity contribution < 1.29 is 9.53 Å². The topological polar surface area (TPSA) is 69.6 Å². The quantitative estimate of drug-likeness (QED) is 0.826. The Kier molecular flexibility index (Phi) is 2.93. The molecule has 6 heteroatoms. The van der Waals surface area contributed by atoms with Gasteiger partial charge in [-0.3, -0.25) is 9.20 Å².